The second kappa shape index (κ2) is 8.80. The van der Waals surface area contributed by atoms with Crippen LogP contribution in [-0.4, -0.2) is 25.1 Å². The first-order valence-corrected chi connectivity index (χ1v) is 7.75. The number of hydrogen-bond donors (Lipinski definition) is 2. The van der Waals surface area contributed by atoms with E-state index in [4.69, 9.17) is 10.5 Å². The zero-order valence-electron chi connectivity index (χ0n) is 12.9. The summed E-state index contributed by atoms with van der Waals surface area (Å²) in [5, 5.41) is 3.06. The first kappa shape index (κ1) is 20.5. The molecule has 21 heavy (non-hydrogen) atoms. The van der Waals surface area contributed by atoms with Crippen molar-refractivity contribution < 1.29 is 9.53 Å². The molecular formula is C15H24ClIN2O2. The molecule has 3 N–H and O–H groups in total. The van der Waals surface area contributed by atoms with Crippen LogP contribution in [0.3, 0.4) is 0 Å². The molecule has 0 bridgehead atoms. The third kappa shape index (κ3) is 6.00. The minimum absolute atomic E-state index is 0. The molecule has 0 aliphatic rings. The molecule has 0 saturated carbocycles. The van der Waals surface area contributed by atoms with E-state index in [1.165, 1.54) is 0 Å². The highest BCUT2D eigenvalue weighted by atomic mass is 127. The van der Waals surface area contributed by atoms with E-state index in [0.29, 0.717) is 18.0 Å². The third-order valence-electron chi connectivity index (χ3n) is 3.15. The number of hydrogen-bond acceptors (Lipinski definition) is 3. The summed E-state index contributed by atoms with van der Waals surface area (Å²) in [4.78, 5) is 12.4. The number of rotatable bonds is 6. The lowest BCUT2D eigenvalue weighted by molar-refractivity contribution is 0.0897. The van der Waals surface area contributed by atoms with E-state index in [1.54, 1.807) is 19.2 Å². The average molecular weight is 427 g/mol. The van der Waals surface area contributed by atoms with Crippen LogP contribution in [0.4, 0.5) is 0 Å². The number of benzene rings is 1. The maximum absolute atomic E-state index is 12.4. The molecule has 0 heterocycles. The molecule has 120 valence electrons. The normalized spacial score (nSPS) is 13.3. The van der Waals surface area contributed by atoms with Crippen LogP contribution in [0.5, 0.6) is 5.75 Å². The fourth-order valence-corrected chi connectivity index (χ4v) is 2.97. The maximum Gasteiger partial charge on any atom is 0.252 e. The lowest BCUT2D eigenvalue weighted by Crippen LogP contribution is -2.52. The first-order valence-electron chi connectivity index (χ1n) is 6.67. The number of nitrogens with one attached hydrogen (secondary N) is 1. The topological polar surface area (TPSA) is 64.3 Å². The number of carbonyl (C=O) groups excluding carboxylic acids is 1. The Labute approximate surface area is 146 Å². The van der Waals surface area contributed by atoms with Gasteiger partial charge in [0, 0.05) is 15.7 Å². The van der Waals surface area contributed by atoms with Gasteiger partial charge in [-0.1, -0.05) is 13.8 Å². The van der Waals surface area contributed by atoms with Crippen LogP contribution >= 0.6 is 35.0 Å². The highest BCUT2D eigenvalue weighted by Crippen LogP contribution is 2.21. The van der Waals surface area contributed by atoms with Crippen molar-refractivity contribution in [3.05, 3.63) is 27.3 Å². The molecule has 0 aliphatic heterocycles. The fourth-order valence-electron chi connectivity index (χ4n) is 2.23. The number of nitrogens with two attached hydrogens (primary N) is 1. The predicted octanol–water partition coefficient (Wildman–Crippen LogP) is 3.21. The van der Waals surface area contributed by atoms with Gasteiger partial charge in [-0.2, -0.15) is 0 Å². The average Bonchev–Trinajstić information content (AvgIpc) is 2.37. The lowest BCUT2D eigenvalue weighted by atomic mass is 9.90. The van der Waals surface area contributed by atoms with E-state index < -0.39 is 0 Å². The van der Waals surface area contributed by atoms with Gasteiger partial charge in [0.05, 0.1) is 12.7 Å². The van der Waals surface area contributed by atoms with E-state index in [9.17, 15) is 4.79 Å². The highest BCUT2D eigenvalue weighted by molar-refractivity contribution is 14.1. The van der Waals surface area contributed by atoms with Crippen molar-refractivity contribution in [2.45, 2.75) is 32.7 Å². The minimum atomic E-state index is -0.381. The fraction of sp³-hybridized carbons (Fsp3) is 0.533. The zero-order chi connectivity index (χ0) is 15.3. The number of halogens is 2. The lowest BCUT2D eigenvalue weighted by Gasteiger charge is -2.31. The van der Waals surface area contributed by atoms with Crippen LogP contribution in [-0.2, 0) is 0 Å². The van der Waals surface area contributed by atoms with Crippen LogP contribution < -0.4 is 15.8 Å². The molecule has 4 nitrogen and oxygen atoms in total. The van der Waals surface area contributed by atoms with E-state index in [2.05, 4.69) is 41.8 Å². The smallest absolute Gasteiger partial charge is 0.252 e. The van der Waals surface area contributed by atoms with Crippen LogP contribution in [0.2, 0.25) is 0 Å². The Morgan fingerprint density at radius 3 is 2.52 bits per heavy atom. The Hall–Kier alpha value is -0.530. The van der Waals surface area contributed by atoms with Crippen molar-refractivity contribution in [1.29, 1.82) is 0 Å². The van der Waals surface area contributed by atoms with Gasteiger partial charge < -0.3 is 15.8 Å². The van der Waals surface area contributed by atoms with Gasteiger partial charge in [-0.3, -0.25) is 4.79 Å². The second-order valence-corrected chi connectivity index (χ2v) is 6.82. The second-order valence-electron chi connectivity index (χ2n) is 5.66. The summed E-state index contributed by atoms with van der Waals surface area (Å²) in [5.41, 5.74) is 6.10. The van der Waals surface area contributed by atoms with Gasteiger partial charge in [0.2, 0.25) is 0 Å². The van der Waals surface area contributed by atoms with Gasteiger partial charge in [0.1, 0.15) is 5.75 Å². The van der Waals surface area contributed by atoms with E-state index in [0.717, 1.165) is 15.7 Å². The van der Waals surface area contributed by atoms with Crippen molar-refractivity contribution in [1.82, 2.24) is 5.32 Å². The monoisotopic (exact) mass is 426 g/mol. The number of methoxy groups -OCH3 is 1. The van der Waals surface area contributed by atoms with Gasteiger partial charge in [-0.25, -0.2) is 0 Å². The molecule has 0 radical (unpaired) electrons. The predicted molar refractivity (Wildman–Crippen MR) is 97.3 cm³/mol. The number of carbonyl (C=O) groups is 1. The Balaban J connectivity index is 0.00000400. The summed E-state index contributed by atoms with van der Waals surface area (Å²) in [6.45, 7) is 6.65. The molecule has 0 aromatic heterocycles. The summed E-state index contributed by atoms with van der Waals surface area (Å²) in [6.07, 6.45) is 0.849. The Morgan fingerprint density at radius 2 is 2.10 bits per heavy atom. The highest BCUT2D eigenvalue weighted by Gasteiger charge is 2.27. The maximum atomic E-state index is 12.4. The van der Waals surface area contributed by atoms with Crippen molar-refractivity contribution in [2.24, 2.45) is 11.7 Å². The van der Waals surface area contributed by atoms with Gasteiger partial charge in [0.25, 0.3) is 5.91 Å². The van der Waals surface area contributed by atoms with Crippen molar-refractivity contribution in [2.75, 3.05) is 13.7 Å². The van der Waals surface area contributed by atoms with Crippen LogP contribution in [0.15, 0.2) is 18.2 Å². The van der Waals surface area contributed by atoms with Gasteiger partial charge in [-0.05, 0) is 60.1 Å². The van der Waals surface area contributed by atoms with Crippen LogP contribution in [0, 0.1) is 9.49 Å². The quantitative estimate of drug-likeness (QED) is 0.687. The van der Waals surface area contributed by atoms with Crippen LogP contribution in [0.25, 0.3) is 0 Å². The van der Waals surface area contributed by atoms with Gasteiger partial charge in [0.15, 0.2) is 0 Å². The SMILES string of the molecule is COc1ccc(C(=O)NC(C)(CN)CC(C)C)c(I)c1.Cl. The number of ether oxygens (including phenoxy) is 1. The molecule has 1 rings (SSSR count). The van der Waals surface area contributed by atoms with Gasteiger partial charge >= 0.3 is 0 Å². The van der Waals surface area contributed by atoms with E-state index >= 15 is 0 Å². The minimum Gasteiger partial charge on any atom is -0.497 e. The number of amides is 1. The Morgan fingerprint density at radius 1 is 1.48 bits per heavy atom. The van der Waals surface area contributed by atoms with Crippen molar-refractivity contribution in [3.8, 4) is 5.75 Å². The largest absolute Gasteiger partial charge is 0.497 e. The molecular weight excluding hydrogens is 403 g/mol. The molecule has 1 amide bonds. The van der Waals surface area contributed by atoms with E-state index in [1.807, 2.05) is 13.0 Å². The summed E-state index contributed by atoms with van der Waals surface area (Å²) in [5.74, 6) is 1.12. The molecule has 1 aromatic rings. The van der Waals surface area contributed by atoms with Crippen molar-refractivity contribution >= 4 is 40.9 Å². The van der Waals surface area contributed by atoms with E-state index in [-0.39, 0.29) is 23.9 Å². The molecule has 0 saturated heterocycles. The third-order valence-corrected chi connectivity index (χ3v) is 4.04. The summed E-state index contributed by atoms with van der Waals surface area (Å²) in [6, 6.07) is 5.42. The van der Waals surface area contributed by atoms with Gasteiger partial charge in [-0.15, -0.1) is 12.4 Å². The molecule has 1 atom stereocenters. The Bertz CT molecular complexity index is 483. The molecule has 0 fully saturated rings. The zero-order valence-corrected chi connectivity index (χ0v) is 15.9. The summed E-state index contributed by atoms with van der Waals surface area (Å²) < 4.78 is 6.01. The van der Waals surface area contributed by atoms with Crippen LogP contribution in [0.1, 0.15) is 37.6 Å². The Kier molecular flexibility index (Phi) is 8.58. The molecule has 1 aromatic carbocycles. The van der Waals surface area contributed by atoms with Crippen molar-refractivity contribution in [3.63, 3.8) is 0 Å². The standard InChI is InChI=1S/C15H23IN2O2.ClH/c1-10(2)8-15(3,9-17)18-14(19)12-6-5-11(20-4)7-13(12)16;/h5-7,10H,8-9,17H2,1-4H3,(H,18,19);1H. The molecule has 0 aliphatic carbocycles. The first-order chi connectivity index (χ1) is 9.31. The summed E-state index contributed by atoms with van der Waals surface area (Å²) in [7, 11) is 1.61. The molecule has 0 spiro atoms. The summed E-state index contributed by atoms with van der Waals surface area (Å²) >= 11 is 2.14. The molecule has 1 unspecified atom stereocenters. The molecule has 6 heteroatoms.